The first kappa shape index (κ1) is 16.2. The Morgan fingerprint density at radius 2 is 2.05 bits per heavy atom. The molecule has 0 spiro atoms. The molecule has 0 fully saturated rings. The van der Waals surface area contributed by atoms with Gasteiger partial charge < -0.3 is 5.32 Å². The van der Waals surface area contributed by atoms with E-state index in [-0.39, 0.29) is 12.4 Å². The van der Waals surface area contributed by atoms with Crippen molar-refractivity contribution < 1.29 is 9.18 Å². The third-order valence-corrected chi connectivity index (χ3v) is 3.15. The number of hydrogen-bond acceptors (Lipinski definition) is 4. The third kappa shape index (κ3) is 4.68. The second-order valence-corrected chi connectivity index (χ2v) is 4.99. The molecule has 0 aliphatic heterocycles. The quantitative estimate of drug-likeness (QED) is 0.649. The van der Waals surface area contributed by atoms with Gasteiger partial charge in [-0.15, -0.1) is 0 Å². The van der Waals surface area contributed by atoms with E-state index in [1.54, 1.807) is 12.1 Å². The molecule has 0 saturated carbocycles. The van der Waals surface area contributed by atoms with Crippen LogP contribution in [0.4, 0.5) is 10.1 Å². The van der Waals surface area contributed by atoms with Gasteiger partial charge in [0.25, 0.3) is 5.91 Å². The number of rotatable bonds is 5. The van der Waals surface area contributed by atoms with E-state index in [1.807, 2.05) is 0 Å². The summed E-state index contributed by atoms with van der Waals surface area (Å²) in [6.45, 7) is -0.0569. The minimum atomic E-state index is -0.401. The van der Waals surface area contributed by atoms with Gasteiger partial charge in [-0.25, -0.2) is 9.82 Å². The van der Waals surface area contributed by atoms with Crippen LogP contribution in [0.2, 0.25) is 10.0 Å². The zero-order valence-electron chi connectivity index (χ0n) is 11.2. The number of anilines is 1. The minimum Gasteiger partial charge on any atom is -0.376 e. The van der Waals surface area contributed by atoms with Crippen LogP contribution in [-0.4, -0.2) is 23.7 Å². The molecule has 0 aliphatic rings. The van der Waals surface area contributed by atoms with Crippen molar-refractivity contribution in [3.8, 4) is 0 Å². The van der Waals surface area contributed by atoms with E-state index < -0.39 is 5.91 Å². The van der Waals surface area contributed by atoms with Gasteiger partial charge in [0.05, 0.1) is 22.8 Å². The molecule has 0 atom stereocenters. The van der Waals surface area contributed by atoms with Crippen molar-refractivity contribution in [1.29, 1.82) is 0 Å². The number of aromatic nitrogens is 1. The molecule has 0 bridgehead atoms. The lowest BCUT2D eigenvalue weighted by atomic mass is 10.3. The molecule has 2 rings (SSSR count). The molecular weight excluding hydrogens is 330 g/mol. The number of hydrazone groups is 1. The topological polar surface area (TPSA) is 66.4 Å². The molecule has 2 N–H and O–H groups in total. The van der Waals surface area contributed by atoms with Gasteiger partial charge in [0.2, 0.25) is 0 Å². The molecule has 8 heteroatoms. The number of amides is 1. The van der Waals surface area contributed by atoms with Crippen LogP contribution in [0.1, 0.15) is 5.56 Å². The second kappa shape index (κ2) is 7.72. The summed E-state index contributed by atoms with van der Waals surface area (Å²) in [6.07, 6.45) is 4.16. The molecule has 0 unspecified atom stereocenters. The Morgan fingerprint density at radius 1 is 1.32 bits per heavy atom. The Hall–Kier alpha value is -2.18. The molecular formula is C14H11Cl2FN4O. The van der Waals surface area contributed by atoms with Crippen LogP contribution in [0, 0.1) is 5.82 Å². The van der Waals surface area contributed by atoms with Crippen molar-refractivity contribution in [1.82, 2.24) is 10.4 Å². The van der Waals surface area contributed by atoms with E-state index in [4.69, 9.17) is 23.2 Å². The zero-order valence-corrected chi connectivity index (χ0v) is 12.7. The molecule has 1 amide bonds. The van der Waals surface area contributed by atoms with Gasteiger partial charge in [-0.1, -0.05) is 29.3 Å². The average molecular weight is 341 g/mol. The molecule has 2 aromatic rings. The molecule has 5 nitrogen and oxygen atoms in total. The molecule has 0 saturated heterocycles. The number of benzene rings is 1. The fourth-order valence-electron chi connectivity index (χ4n) is 1.53. The van der Waals surface area contributed by atoms with Crippen LogP contribution < -0.4 is 10.7 Å². The molecule has 1 heterocycles. The summed E-state index contributed by atoms with van der Waals surface area (Å²) in [5, 5.41) is 7.17. The lowest BCUT2D eigenvalue weighted by Gasteiger charge is -2.05. The lowest BCUT2D eigenvalue weighted by Crippen LogP contribution is -2.25. The number of nitrogens with one attached hydrogen (secondary N) is 2. The Kier molecular flexibility index (Phi) is 5.68. The number of halogens is 3. The van der Waals surface area contributed by atoms with Crippen LogP contribution >= 0.6 is 23.2 Å². The van der Waals surface area contributed by atoms with Crippen LogP contribution in [0.5, 0.6) is 0 Å². The van der Waals surface area contributed by atoms with E-state index >= 15 is 0 Å². The summed E-state index contributed by atoms with van der Waals surface area (Å²) in [6, 6.07) is 5.79. The van der Waals surface area contributed by atoms with Crippen molar-refractivity contribution in [2.75, 3.05) is 11.9 Å². The van der Waals surface area contributed by atoms with E-state index in [0.717, 1.165) is 0 Å². The van der Waals surface area contributed by atoms with Crippen LogP contribution in [0.15, 0.2) is 41.8 Å². The molecule has 1 aromatic carbocycles. The van der Waals surface area contributed by atoms with E-state index in [0.29, 0.717) is 21.3 Å². The smallest absolute Gasteiger partial charge is 0.259 e. The standard InChI is InChI=1S/C14H11Cl2FN4O/c15-12-6-18-7-13(16)11(12)5-20-21-14(22)8-19-10-3-1-2-9(17)4-10/h1-7,19H,8H2,(H,21,22). The van der Waals surface area contributed by atoms with Gasteiger partial charge in [0.15, 0.2) is 0 Å². The SMILES string of the molecule is O=C(CNc1cccc(F)c1)NN=Cc1c(Cl)cncc1Cl. The Morgan fingerprint density at radius 3 is 2.73 bits per heavy atom. The number of nitrogens with zero attached hydrogens (tertiary/aromatic N) is 2. The Bertz CT molecular complexity index is 689. The van der Waals surface area contributed by atoms with Crippen LogP contribution in [0.25, 0.3) is 0 Å². The molecule has 22 heavy (non-hydrogen) atoms. The first-order valence-corrected chi connectivity index (χ1v) is 6.92. The summed E-state index contributed by atoms with van der Waals surface area (Å²) in [7, 11) is 0. The number of pyridine rings is 1. The van der Waals surface area contributed by atoms with Crippen LogP contribution in [-0.2, 0) is 4.79 Å². The highest BCUT2D eigenvalue weighted by atomic mass is 35.5. The third-order valence-electron chi connectivity index (χ3n) is 2.55. The summed E-state index contributed by atoms with van der Waals surface area (Å²) in [4.78, 5) is 15.4. The summed E-state index contributed by atoms with van der Waals surface area (Å²) in [5.41, 5.74) is 3.26. The van der Waals surface area contributed by atoms with Crippen LogP contribution in [0.3, 0.4) is 0 Å². The fraction of sp³-hybridized carbons (Fsp3) is 0.0714. The van der Waals surface area contributed by atoms with Gasteiger partial charge in [-0.05, 0) is 18.2 Å². The van der Waals surface area contributed by atoms with Crippen molar-refractivity contribution in [3.05, 3.63) is 58.1 Å². The molecule has 0 radical (unpaired) electrons. The molecule has 0 aliphatic carbocycles. The Labute approximate surface area is 136 Å². The maximum atomic E-state index is 13.0. The summed E-state index contributed by atoms with van der Waals surface area (Å²) < 4.78 is 13.0. The molecule has 1 aromatic heterocycles. The lowest BCUT2D eigenvalue weighted by molar-refractivity contribution is -0.119. The maximum Gasteiger partial charge on any atom is 0.259 e. The molecule has 114 valence electrons. The normalized spacial score (nSPS) is 10.7. The van der Waals surface area contributed by atoms with Crippen molar-refractivity contribution in [2.24, 2.45) is 5.10 Å². The van der Waals surface area contributed by atoms with E-state index in [1.165, 1.54) is 30.7 Å². The summed E-state index contributed by atoms with van der Waals surface area (Å²) >= 11 is 11.8. The second-order valence-electron chi connectivity index (χ2n) is 4.17. The first-order chi connectivity index (χ1) is 10.6. The minimum absolute atomic E-state index is 0.0569. The van der Waals surface area contributed by atoms with Crippen molar-refractivity contribution in [3.63, 3.8) is 0 Å². The van der Waals surface area contributed by atoms with Gasteiger partial charge in [0, 0.05) is 23.6 Å². The maximum absolute atomic E-state index is 13.0. The van der Waals surface area contributed by atoms with E-state index in [9.17, 15) is 9.18 Å². The van der Waals surface area contributed by atoms with Gasteiger partial charge in [0.1, 0.15) is 5.82 Å². The zero-order chi connectivity index (χ0) is 15.9. The van der Waals surface area contributed by atoms with Gasteiger partial charge in [-0.3, -0.25) is 9.78 Å². The highest BCUT2D eigenvalue weighted by molar-refractivity contribution is 6.38. The first-order valence-electron chi connectivity index (χ1n) is 6.16. The van der Waals surface area contributed by atoms with Gasteiger partial charge >= 0.3 is 0 Å². The van der Waals surface area contributed by atoms with Crippen molar-refractivity contribution in [2.45, 2.75) is 0 Å². The van der Waals surface area contributed by atoms with Gasteiger partial charge in [-0.2, -0.15) is 5.10 Å². The largest absolute Gasteiger partial charge is 0.376 e. The summed E-state index contributed by atoms with van der Waals surface area (Å²) in [5.74, 6) is -0.785. The van der Waals surface area contributed by atoms with Crippen molar-refractivity contribution >= 4 is 41.0 Å². The highest BCUT2D eigenvalue weighted by Gasteiger charge is 2.04. The highest BCUT2D eigenvalue weighted by Crippen LogP contribution is 2.20. The number of hydrogen-bond donors (Lipinski definition) is 2. The monoisotopic (exact) mass is 340 g/mol. The predicted octanol–water partition coefficient (Wildman–Crippen LogP) is 3.09. The number of carbonyl (C=O) groups excluding carboxylic acids is 1. The van der Waals surface area contributed by atoms with E-state index in [2.05, 4.69) is 20.8 Å². The predicted molar refractivity (Wildman–Crippen MR) is 84.9 cm³/mol. The number of carbonyl (C=O) groups is 1. The average Bonchev–Trinajstić information content (AvgIpc) is 2.48. The Balaban J connectivity index is 1.86. The fourth-order valence-corrected chi connectivity index (χ4v) is 2.00.